The van der Waals surface area contributed by atoms with E-state index in [-0.39, 0.29) is 6.10 Å². The van der Waals surface area contributed by atoms with Crippen LogP contribution < -0.4 is 9.64 Å². The molecule has 4 nitrogen and oxygen atoms in total. The van der Waals surface area contributed by atoms with E-state index < -0.39 is 0 Å². The average Bonchev–Trinajstić information content (AvgIpc) is 2.34. The summed E-state index contributed by atoms with van der Waals surface area (Å²) in [6.07, 6.45) is 5.15. The molecule has 0 unspecified atom stereocenters. The van der Waals surface area contributed by atoms with Crippen LogP contribution in [-0.4, -0.2) is 35.5 Å². The highest BCUT2D eigenvalue weighted by Gasteiger charge is 2.06. The van der Waals surface area contributed by atoms with Crippen molar-refractivity contribution in [3.63, 3.8) is 0 Å². The lowest BCUT2D eigenvalue weighted by Crippen LogP contribution is -2.21. The van der Waals surface area contributed by atoms with Gasteiger partial charge in [-0.25, -0.2) is 4.98 Å². The third-order valence-corrected chi connectivity index (χ3v) is 2.71. The first kappa shape index (κ1) is 15.0. The Morgan fingerprint density at radius 2 is 2.11 bits per heavy atom. The van der Waals surface area contributed by atoms with Gasteiger partial charge in [0, 0.05) is 31.7 Å². The van der Waals surface area contributed by atoms with Gasteiger partial charge in [0.05, 0.1) is 6.10 Å². The molecule has 0 radical (unpaired) electrons. The number of ether oxygens (including phenoxy) is 1. The minimum absolute atomic E-state index is 0.127. The fourth-order valence-electron chi connectivity index (χ4n) is 1.54. The molecule has 5 heteroatoms. The molecule has 1 aromatic heterocycles. The molecule has 18 heavy (non-hydrogen) atoms. The molecule has 0 saturated heterocycles. The van der Waals surface area contributed by atoms with Crippen molar-refractivity contribution >= 4 is 17.5 Å². The maximum absolute atomic E-state index is 5.65. The number of alkyl halides is 1. The molecule has 102 valence electrons. The summed E-state index contributed by atoms with van der Waals surface area (Å²) in [6.45, 7) is 4.90. The molecule has 0 atom stereocenters. The number of rotatable bonds is 8. The van der Waals surface area contributed by atoms with E-state index in [4.69, 9.17) is 16.3 Å². The number of hydrogen-bond donors (Lipinski definition) is 0. The average molecular weight is 272 g/mol. The number of nitrogens with zero attached hydrogens (tertiary/aromatic N) is 3. The molecule has 1 aromatic rings. The smallest absolute Gasteiger partial charge is 0.228 e. The maximum Gasteiger partial charge on any atom is 0.228 e. The normalized spacial score (nSPS) is 10.7. The fourth-order valence-corrected chi connectivity index (χ4v) is 1.73. The zero-order chi connectivity index (χ0) is 13.4. The van der Waals surface area contributed by atoms with Gasteiger partial charge in [-0.15, -0.1) is 11.6 Å². The second kappa shape index (κ2) is 8.14. The highest BCUT2D eigenvalue weighted by molar-refractivity contribution is 6.17. The predicted molar refractivity (Wildman–Crippen MR) is 75.6 cm³/mol. The van der Waals surface area contributed by atoms with Gasteiger partial charge in [-0.3, -0.25) is 0 Å². The zero-order valence-electron chi connectivity index (χ0n) is 11.4. The van der Waals surface area contributed by atoms with Crippen molar-refractivity contribution < 1.29 is 4.74 Å². The molecule has 0 spiro atoms. The van der Waals surface area contributed by atoms with Gasteiger partial charge in [-0.2, -0.15) is 4.98 Å². The number of halogens is 1. The second-order valence-corrected chi connectivity index (χ2v) is 4.91. The molecule has 0 N–H and O–H groups in total. The summed E-state index contributed by atoms with van der Waals surface area (Å²) >= 11 is 5.65. The van der Waals surface area contributed by atoms with Crippen molar-refractivity contribution in [3.8, 4) is 5.88 Å². The number of hydrogen-bond acceptors (Lipinski definition) is 4. The molecular weight excluding hydrogens is 250 g/mol. The van der Waals surface area contributed by atoms with Crippen LogP contribution in [0.3, 0.4) is 0 Å². The Hall–Kier alpha value is -1.03. The van der Waals surface area contributed by atoms with Crippen LogP contribution in [0.2, 0.25) is 0 Å². The summed E-state index contributed by atoms with van der Waals surface area (Å²) < 4.78 is 5.55. The first-order valence-corrected chi connectivity index (χ1v) is 6.93. The largest absolute Gasteiger partial charge is 0.475 e. The minimum Gasteiger partial charge on any atom is -0.475 e. The van der Waals surface area contributed by atoms with Gasteiger partial charge >= 0.3 is 0 Å². The molecule has 0 saturated carbocycles. The van der Waals surface area contributed by atoms with Crippen LogP contribution in [0.5, 0.6) is 5.88 Å². The lowest BCUT2D eigenvalue weighted by molar-refractivity contribution is 0.232. The molecule has 1 heterocycles. The van der Waals surface area contributed by atoms with Crippen molar-refractivity contribution in [3.05, 3.63) is 12.3 Å². The van der Waals surface area contributed by atoms with Crippen LogP contribution in [0, 0.1) is 0 Å². The van der Waals surface area contributed by atoms with E-state index in [0.717, 1.165) is 31.7 Å². The van der Waals surface area contributed by atoms with Gasteiger partial charge in [0.1, 0.15) is 0 Å². The Labute approximate surface area is 114 Å². The number of unbranched alkanes of at least 4 members (excludes halogenated alkanes) is 2. The monoisotopic (exact) mass is 271 g/mol. The molecule has 0 aromatic carbocycles. The molecule has 0 bridgehead atoms. The molecule has 0 aliphatic heterocycles. The van der Waals surface area contributed by atoms with E-state index in [9.17, 15) is 0 Å². The van der Waals surface area contributed by atoms with E-state index in [1.54, 1.807) is 12.3 Å². The third-order valence-electron chi connectivity index (χ3n) is 2.44. The van der Waals surface area contributed by atoms with Gasteiger partial charge in [0.25, 0.3) is 0 Å². The fraction of sp³-hybridized carbons (Fsp3) is 0.692. The zero-order valence-corrected chi connectivity index (χ0v) is 12.2. The summed E-state index contributed by atoms with van der Waals surface area (Å²) in [4.78, 5) is 10.7. The van der Waals surface area contributed by atoms with Crippen molar-refractivity contribution in [2.24, 2.45) is 0 Å². The molecular formula is C13H22ClN3O. The Morgan fingerprint density at radius 1 is 1.33 bits per heavy atom. The summed E-state index contributed by atoms with van der Waals surface area (Å²) in [5.41, 5.74) is 0. The maximum atomic E-state index is 5.65. The molecule has 0 amide bonds. The van der Waals surface area contributed by atoms with E-state index in [0.29, 0.717) is 11.8 Å². The minimum atomic E-state index is 0.127. The Bertz CT molecular complexity index is 347. The van der Waals surface area contributed by atoms with E-state index in [2.05, 4.69) is 9.97 Å². The predicted octanol–water partition coefficient (Wildman–Crippen LogP) is 3.11. The highest BCUT2D eigenvalue weighted by Crippen LogP contribution is 2.13. The second-order valence-electron chi connectivity index (χ2n) is 4.53. The molecule has 0 aliphatic rings. The van der Waals surface area contributed by atoms with E-state index >= 15 is 0 Å². The molecule has 0 aliphatic carbocycles. The highest BCUT2D eigenvalue weighted by atomic mass is 35.5. The SMILES string of the molecule is CC(C)Oc1ccnc(N(C)CCCCCCl)n1. The van der Waals surface area contributed by atoms with Gasteiger partial charge in [-0.1, -0.05) is 6.42 Å². The van der Waals surface area contributed by atoms with Gasteiger partial charge in [0.15, 0.2) is 0 Å². The Kier molecular flexibility index (Phi) is 6.80. The van der Waals surface area contributed by atoms with Crippen molar-refractivity contribution in [1.29, 1.82) is 0 Å². The molecule has 0 fully saturated rings. The first-order valence-electron chi connectivity index (χ1n) is 6.40. The van der Waals surface area contributed by atoms with Crippen LogP contribution in [-0.2, 0) is 0 Å². The van der Waals surface area contributed by atoms with Crippen LogP contribution in [0.25, 0.3) is 0 Å². The van der Waals surface area contributed by atoms with Gasteiger partial charge < -0.3 is 9.64 Å². The lowest BCUT2D eigenvalue weighted by atomic mass is 10.2. The number of anilines is 1. The molecule has 1 rings (SSSR count). The van der Waals surface area contributed by atoms with Crippen molar-refractivity contribution in [2.45, 2.75) is 39.2 Å². The topological polar surface area (TPSA) is 38.2 Å². The van der Waals surface area contributed by atoms with Gasteiger partial charge in [-0.05, 0) is 26.7 Å². The summed E-state index contributed by atoms with van der Waals surface area (Å²) in [5, 5.41) is 0. The van der Waals surface area contributed by atoms with E-state index in [1.165, 1.54) is 0 Å². The van der Waals surface area contributed by atoms with Crippen molar-refractivity contribution in [2.75, 3.05) is 24.4 Å². The van der Waals surface area contributed by atoms with Crippen LogP contribution in [0.4, 0.5) is 5.95 Å². The summed E-state index contributed by atoms with van der Waals surface area (Å²) in [6, 6.07) is 1.78. The van der Waals surface area contributed by atoms with Crippen LogP contribution in [0.15, 0.2) is 12.3 Å². The standard InChI is InChI=1S/C13H22ClN3O/c1-11(2)18-12-7-9-15-13(16-12)17(3)10-6-4-5-8-14/h7,9,11H,4-6,8,10H2,1-3H3. The van der Waals surface area contributed by atoms with Gasteiger partial charge in [0.2, 0.25) is 11.8 Å². The first-order chi connectivity index (χ1) is 8.63. The van der Waals surface area contributed by atoms with E-state index in [1.807, 2.05) is 25.8 Å². The third kappa shape index (κ3) is 5.54. The van der Waals surface area contributed by atoms with Crippen LogP contribution >= 0.6 is 11.6 Å². The van der Waals surface area contributed by atoms with Crippen LogP contribution in [0.1, 0.15) is 33.1 Å². The quantitative estimate of drug-likeness (QED) is 0.538. The number of aromatic nitrogens is 2. The van der Waals surface area contributed by atoms with Crippen molar-refractivity contribution in [1.82, 2.24) is 9.97 Å². The summed E-state index contributed by atoms with van der Waals surface area (Å²) in [7, 11) is 2.00. The Balaban J connectivity index is 2.48. The lowest BCUT2D eigenvalue weighted by Gasteiger charge is -2.17. The Morgan fingerprint density at radius 3 is 2.78 bits per heavy atom. The summed E-state index contributed by atoms with van der Waals surface area (Å²) in [5.74, 6) is 2.07.